The molecule has 0 saturated carbocycles. The van der Waals surface area contributed by atoms with Gasteiger partial charge in [0.1, 0.15) is 0 Å². The Balaban J connectivity index is 2.38. The highest BCUT2D eigenvalue weighted by Gasteiger charge is 2.58. The lowest BCUT2D eigenvalue weighted by atomic mass is 9.59. The quantitative estimate of drug-likeness (QED) is 0.393. The summed E-state index contributed by atoms with van der Waals surface area (Å²) in [5.74, 6) is 0. The van der Waals surface area contributed by atoms with Crippen molar-refractivity contribution in [1.29, 1.82) is 0 Å². The van der Waals surface area contributed by atoms with E-state index in [4.69, 9.17) is 0 Å². The highest BCUT2D eigenvalue weighted by atomic mass is 19.1. The van der Waals surface area contributed by atoms with Gasteiger partial charge in [-0.3, -0.25) is 0 Å². The average Bonchev–Trinajstić information content (AvgIpc) is 2.72. The highest BCUT2D eigenvalue weighted by molar-refractivity contribution is 5.67. The molecular weight excluding hydrogens is 333 g/mol. The van der Waals surface area contributed by atoms with Crippen molar-refractivity contribution in [1.82, 2.24) is 0 Å². The van der Waals surface area contributed by atoms with Crippen LogP contribution in [-0.4, -0.2) is 0 Å². The Morgan fingerprint density at radius 2 is 1.89 bits per heavy atom. The van der Waals surface area contributed by atoms with Gasteiger partial charge in [-0.15, -0.1) is 0 Å². The first-order valence-electron chi connectivity index (χ1n) is 10.4. The van der Waals surface area contributed by atoms with Crippen molar-refractivity contribution in [3.05, 3.63) is 65.9 Å². The number of hydrogen-bond donors (Lipinski definition) is 0. The molecule has 1 aliphatic rings. The van der Waals surface area contributed by atoms with Crippen LogP contribution in [0.1, 0.15) is 70.2 Å². The van der Waals surface area contributed by atoms with E-state index in [1.54, 1.807) is 0 Å². The summed E-state index contributed by atoms with van der Waals surface area (Å²) in [5, 5.41) is 0. The zero-order valence-corrected chi connectivity index (χ0v) is 17.3. The normalized spacial score (nSPS) is 23.6. The summed E-state index contributed by atoms with van der Waals surface area (Å²) in [4.78, 5) is 0. The molecule has 0 spiro atoms. The van der Waals surface area contributed by atoms with Crippen LogP contribution in [0.5, 0.6) is 0 Å². The Morgan fingerprint density at radius 3 is 2.48 bits per heavy atom. The summed E-state index contributed by atoms with van der Waals surface area (Å²) in [6.07, 6.45) is 7.40. The van der Waals surface area contributed by atoms with Crippen LogP contribution in [0.25, 0.3) is 11.3 Å². The van der Waals surface area contributed by atoms with Crippen LogP contribution in [0, 0.1) is 0 Å². The molecule has 2 heteroatoms. The number of fused-ring (bicyclic) bond motifs is 3. The second kappa shape index (κ2) is 7.58. The third-order valence-corrected chi connectivity index (χ3v) is 6.92. The van der Waals surface area contributed by atoms with Crippen molar-refractivity contribution >= 4 is 0 Å². The third kappa shape index (κ3) is 2.76. The number of unbranched alkanes of at least 4 members (excludes halogenated alkanes) is 1. The molecule has 2 unspecified atom stereocenters. The predicted octanol–water partition coefficient (Wildman–Crippen LogP) is 6.43. The van der Waals surface area contributed by atoms with E-state index in [9.17, 15) is 4.39 Å². The number of hydrogen-bond acceptors (Lipinski definition) is 0. The minimum absolute atomic E-state index is 0.134. The van der Waals surface area contributed by atoms with Gasteiger partial charge in [-0.05, 0) is 55.5 Å². The van der Waals surface area contributed by atoms with Crippen LogP contribution < -0.4 is 4.57 Å². The van der Waals surface area contributed by atoms with E-state index in [-0.39, 0.29) is 11.0 Å². The van der Waals surface area contributed by atoms with Crippen molar-refractivity contribution in [2.45, 2.75) is 77.4 Å². The second-order valence-electron chi connectivity index (χ2n) is 8.02. The summed E-state index contributed by atoms with van der Waals surface area (Å²) in [7, 11) is 0. The molecule has 0 N–H and O–H groups in total. The minimum atomic E-state index is -0.464. The zero-order chi connectivity index (χ0) is 19.7. The van der Waals surface area contributed by atoms with Gasteiger partial charge in [0.05, 0.1) is 11.0 Å². The van der Waals surface area contributed by atoms with Gasteiger partial charge in [-0.25, -0.2) is 4.39 Å². The van der Waals surface area contributed by atoms with Crippen LogP contribution in [0.15, 0.2) is 49.1 Å². The molecule has 0 fully saturated rings. The number of allylic oxidation sites excluding steroid dienone is 1. The van der Waals surface area contributed by atoms with Crippen LogP contribution in [0.2, 0.25) is 0 Å². The molecule has 1 aromatic carbocycles. The van der Waals surface area contributed by atoms with Crippen molar-refractivity contribution in [2.24, 2.45) is 0 Å². The van der Waals surface area contributed by atoms with Crippen LogP contribution >= 0.6 is 0 Å². The third-order valence-electron chi connectivity index (χ3n) is 6.92. The lowest BCUT2D eigenvalue weighted by Crippen LogP contribution is -2.69. The van der Waals surface area contributed by atoms with Gasteiger partial charge in [-0.2, -0.15) is 4.57 Å². The van der Waals surface area contributed by atoms with E-state index in [0.717, 1.165) is 30.7 Å². The summed E-state index contributed by atoms with van der Waals surface area (Å²) < 4.78 is 16.3. The lowest BCUT2D eigenvalue weighted by Gasteiger charge is -2.47. The van der Waals surface area contributed by atoms with E-state index in [1.165, 1.54) is 29.5 Å². The van der Waals surface area contributed by atoms with Crippen LogP contribution in [0.4, 0.5) is 4.39 Å². The van der Waals surface area contributed by atoms with Crippen molar-refractivity contribution in [2.75, 3.05) is 0 Å². The topological polar surface area (TPSA) is 3.88 Å². The maximum atomic E-state index is 14.1. The van der Waals surface area contributed by atoms with Crippen molar-refractivity contribution in [3.8, 4) is 11.3 Å². The van der Waals surface area contributed by atoms with E-state index >= 15 is 0 Å². The average molecular weight is 367 g/mol. The molecule has 0 saturated heterocycles. The van der Waals surface area contributed by atoms with E-state index in [2.05, 4.69) is 69.2 Å². The summed E-state index contributed by atoms with van der Waals surface area (Å²) in [6, 6.07) is 13.0. The van der Waals surface area contributed by atoms with E-state index < -0.39 is 6.67 Å². The molecule has 0 bridgehead atoms. The molecule has 2 heterocycles. The van der Waals surface area contributed by atoms with Gasteiger partial charge in [0.2, 0.25) is 11.4 Å². The molecule has 1 aromatic heterocycles. The molecule has 1 nitrogen and oxygen atoms in total. The van der Waals surface area contributed by atoms with Gasteiger partial charge in [0.15, 0.2) is 12.2 Å². The Labute approximate surface area is 163 Å². The standard InChI is InChI=1S/C25H33FN/c1-6-10-12-19-15-16-22-21(17-19)23-14-11-13-20(18-26)27(23)25(8-3,9-4)24(22,5)7-2/h8,11,13-17H,3,6-7,9-10,12,18H2,1-2,4-5H3/q+1. The first-order valence-corrected chi connectivity index (χ1v) is 10.4. The van der Waals surface area contributed by atoms with Crippen LogP contribution in [0.3, 0.4) is 0 Å². The zero-order valence-electron chi connectivity index (χ0n) is 17.3. The molecule has 1 aliphatic heterocycles. The van der Waals surface area contributed by atoms with Gasteiger partial charge in [-0.1, -0.05) is 45.9 Å². The Morgan fingerprint density at radius 1 is 1.11 bits per heavy atom. The van der Waals surface area contributed by atoms with Gasteiger partial charge >= 0.3 is 0 Å². The van der Waals surface area contributed by atoms with E-state index in [0.29, 0.717) is 0 Å². The molecule has 2 aromatic rings. The number of rotatable bonds is 7. The molecule has 144 valence electrons. The maximum Gasteiger partial charge on any atom is 0.213 e. The Hall–Kier alpha value is -1.96. The summed E-state index contributed by atoms with van der Waals surface area (Å²) in [5.41, 5.74) is 5.37. The summed E-state index contributed by atoms with van der Waals surface area (Å²) in [6.45, 7) is 12.8. The van der Waals surface area contributed by atoms with Gasteiger partial charge in [0.25, 0.3) is 0 Å². The van der Waals surface area contributed by atoms with Gasteiger partial charge < -0.3 is 0 Å². The molecule has 0 amide bonds. The number of alkyl halides is 1. The molecule has 0 aliphatic carbocycles. The molecule has 2 atom stereocenters. The first kappa shape index (κ1) is 19.8. The molecule has 3 rings (SSSR count). The fourth-order valence-corrected chi connectivity index (χ4v) is 5.15. The number of pyridine rings is 1. The predicted molar refractivity (Wildman–Crippen MR) is 112 cm³/mol. The van der Waals surface area contributed by atoms with E-state index in [1.807, 2.05) is 12.1 Å². The second-order valence-corrected chi connectivity index (χ2v) is 8.02. The fourth-order valence-electron chi connectivity index (χ4n) is 5.15. The van der Waals surface area contributed by atoms with Crippen molar-refractivity contribution < 1.29 is 8.96 Å². The molecule has 27 heavy (non-hydrogen) atoms. The fraction of sp³-hybridized carbons (Fsp3) is 0.480. The monoisotopic (exact) mass is 366 g/mol. The van der Waals surface area contributed by atoms with Gasteiger partial charge in [0, 0.05) is 18.6 Å². The first-order chi connectivity index (χ1) is 13.0. The largest absolute Gasteiger partial charge is 0.239 e. The summed E-state index contributed by atoms with van der Waals surface area (Å²) >= 11 is 0. The number of halogens is 1. The molecular formula is C25H33FN+. The smallest absolute Gasteiger partial charge is 0.213 e. The Kier molecular flexibility index (Phi) is 5.55. The minimum Gasteiger partial charge on any atom is -0.239 e. The molecule has 0 radical (unpaired) electrons. The lowest BCUT2D eigenvalue weighted by molar-refractivity contribution is -0.763. The maximum absolute atomic E-state index is 14.1. The van der Waals surface area contributed by atoms with Crippen molar-refractivity contribution in [3.63, 3.8) is 0 Å². The van der Waals surface area contributed by atoms with Crippen LogP contribution in [-0.2, 0) is 24.0 Å². The number of aromatic nitrogens is 1. The number of nitrogens with zero attached hydrogens (tertiary/aromatic N) is 1. The number of benzene rings is 1. The Bertz CT molecular complexity index is 840. The number of aryl methyl sites for hydroxylation is 1. The highest BCUT2D eigenvalue weighted by Crippen LogP contribution is 2.50. The SMILES string of the molecule is C=CC1(CC)[n+]2c(CF)cccc2-c2cc(CCCC)ccc2C1(C)CC.